The van der Waals surface area contributed by atoms with Gasteiger partial charge < -0.3 is 59.6 Å². The van der Waals surface area contributed by atoms with Crippen LogP contribution in [-0.2, 0) is 29.2 Å². The highest BCUT2D eigenvalue weighted by molar-refractivity contribution is 5.77. The summed E-state index contributed by atoms with van der Waals surface area (Å²) >= 11 is 0. The zero-order valence-electron chi connectivity index (χ0n) is 26.5. The third-order valence-corrected chi connectivity index (χ3v) is 8.04. The zero-order chi connectivity index (χ0) is 32.8. The topological polar surface area (TPSA) is 197 Å². The van der Waals surface area contributed by atoms with Gasteiger partial charge in [-0.15, -0.1) is 0 Å². The van der Waals surface area contributed by atoms with Gasteiger partial charge in [0.05, 0.1) is 32.0 Å². The molecule has 1 aromatic rings. The van der Waals surface area contributed by atoms with Crippen molar-refractivity contribution in [2.24, 2.45) is 11.3 Å². The van der Waals surface area contributed by atoms with Gasteiger partial charge in [0.1, 0.15) is 36.3 Å². The molecule has 4 unspecified atom stereocenters. The van der Waals surface area contributed by atoms with E-state index in [4.69, 9.17) is 23.7 Å². The van der Waals surface area contributed by atoms with Crippen molar-refractivity contribution in [3.05, 3.63) is 29.8 Å². The SMILES string of the molecule is C[C@@H]1C(CO)O[C@H](O[C@@H]2C(CO)O[C@H](OCCNC(=O)COc3ccc(C(C)(C)CC(C)(C)C)cc3)[C@@H](O)C2O)[C@@H](O)C1O. The van der Waals surface area contributed by atoms with Crippen molar-refractivity contribution in [3.8, 4) is 5.75 Å². The Bertz CT molecular complexity index is 1030. The van der Waals surface area contributed by atoms with E-state index in [1.165, 1.54) is 5.56 Å². The van der Waals surface area contributed by atoms with Crippen LogP contribution in [0.5, 0.6) is 5.75 Å². The molecule has 0 spiro atoms. The van der Waals surface area contributed by atoms with Gasteiger partial charge in [0.2, 0.25) is 0 Å². The predicted molar refractivity (Wildman–Crippen MR) is 158 cm³/mol. The lowest BCUT2D eigenvalue weighted by Gasteiger charge is -2.46. The Labute approximate surface area is 259 Å². The lowest BCUT2D eigenvalue weighted by molar-refractivity contribution is -0.355. The third kappa shape index (κ3) is 9.55. The largest absolute Gasteiger partial charge is 0.484 e. The van der Waals surface area contributed by atoms with Crippen LogP contribution in [-0.4, -0.2) is 125 Å². The van der Waals surface area contributed by atoms with Crippen LogP contribution in [0.15, 0.2) is 24.3 Å². The normalized spacial score (nSPS) is 33.2. The summed E-state index contributed by atoms with van der Waals surface area (Å²) in [4.78, 5) is 12.3. The monoisotopic (exact) mass is 629 g/mol. The molecular weight excluding hydrogens is 578 g/mol. The molecule has 2 saturated heterocycles. The number of hydrogen-bond donors (Lipinski definition) is 7. The first-order chi connectivity index (χ1) is 20.6. The van der Waals surface area contributed by atoms with Gasteiger partial charge in [-0.25, -0.2) is 0 Å². The van der Waals surface area contributed by atoms with Crippen molar-refractivity contribution in [2.45, 2.75) is 109 Å². The van der Waals surface area contributed by atoms with Crippen molar-refractivity contribution in [1.29, 1.82) is 0 Å². The second-order valence-corrected chi connectivity index (χ2v) is 13.5. The molecule has 0 aromatic heterocycles. The van der Waals surface area contributed by atoms with Crippen molar-refractivity contribution in [1.82, 2.24) is 5.32 Å². The van der Waals surface area contributed by atoms with E-state index in [0.29, 0.717) is 5.75 Å². The molecular formula is C31H51NO12. The Balaban J connectivity index is 1.43. The summed E-state index contributed by atoms with van der Waals surface area (Å²) in [6, 6.07) is 7.69. The maximum atomic E-state index is 12.3. The standard InChI is InChI=1S/C31H51NO12/c1-17-20(13-33)42-29(25(38)23(17)36)44-27-21(14-34)43-28(26(39)24(27)37)40-12-11-32-22(35)15-41-19-9-7-18(8-10-19)31(5,6)16-30(2,3)4/h7-10,17,20-21,23-29,33-34,36-39H,11-16H2,1-6H3,(H,32,35)/t17-,20?,21?,23?,24?,25+,26+,27-,28+,29-/m1/s1. The number of aliphatic hydroxyl groups is 6. The minimum Gasteiger partial charge on any atom is -0.484 e. The zero-order valence-corrected chi connectivity index (χ0v) is 26.5. The first kappa shape index (κ1) is 36.6. The van der Waals surface area contributed by atoms with Crippen LogP contribution in [0.1, 0.15) is 53.5 Å². The highest BCUT2D eigenvalue weighted by Gasteiger charge is 2.50. The number of benzene rings is 1. The number of aliphatic hydroxyl groups excluding tert-OH is 6. The van der Waals surface area contributed by atoms with Crippen LogP contribution in [0, 0.1) is 11.3 Å². The molecule has 2 heterocycles. The molecule has 10 atom stereocenters. The van der Waals surface area contributed by atoms with Gasteiger partial charge >= 0.3 is 0 Å². The number of hydrogen-bond acceptors (Lipinski definition) is 12. The van der Waals surface area contributed by atoms with E-state index in [-0.39, 0.29) is 36.5 Å². The smallest absolute Gasteiger partial charge is 0.258 e. The maximum Gasteiger partial charge on any atom is 0.258 e. The highest BCUT2D eigenvalue weighted by Crippen LogP contribution is 2.37. The molecule has 44 heavy (non-hydrogen) atoms. The average Bonchev–Trinajstić information content (AvgIpc) is 2.96. The number of amides is 1. The van der Waals surface area contributed by atoms with Gasteiger partial charge in [0.15, 0.2) is 19.2 Å². The van der Waals surface area contributed by atoms with Crippen molar-refractivity contribution < 1.29 is 59.1 Å². The quantitative estimate of drug-likeness (QED) is 0.142. The van der Waals surface area contributed by atoms with E-state index < -0.39 is 74.4 Å². The Hall–Kier alpha value is -1.91. The lowest BCUT2D eigenvalue weighted by Crippen LogP contribution is -2.63. The number of nitrogens with one attached hydrogen (secondary N) is 1. The average molecular weight is 630 g/mol. The summed E-state index contributed by atoms with van der Waals surface area (Å²) in [5.41, 5.74) is 1.36. The van der Waals surface area contributed by atoms with Crippen LogP contribution in [0.25, 0.3) is 0 Å². The molecule has 3 rings (SSSR count). The summed E-state index contributed by atoms with van der Waals surface area (Å²) in [5, 5.41) is 64.0. The molecule has 0 bridgehead atoms. The highest BCUT2D eigenvalue weighted by atomic mass is 16.7. The molecule has 2 aliphatic heterocycles. The second kappa shape index (κ2) is 15.6. The number of carbonyl (C=O) groups excluding carboxylic acids is 1. The van der Waals surface area contributed by atoms with Crippen LogP contribution in [0.2, 0.25) is 0 Å². The summed E-state index contributed by atoms with van der Waals surface area (Å²) in [6.45, 7) is 11.3. The van der Waals surface area contributed by atoms with Crippen LogP contribution < -0.4 is 10.1 Å². The van der Waals surface area contributed by atoms with Crippen molar-refractivity contribution >= 4 is 5.91 Å². The molecule has 1 amide bonds. The van der Waals surface area contributed by atoms with Crippen LogP contribution >= 0.6 is 0 Å². The van der Waals surface area contributed by atoms with E-state index in [0.717, 1.165) is 6.42 Å². The van der Waals surface area contributed by atoms with Gasteiger partial charge in [0.25, 0.3) is 5.91 Å². The number of ether oxygens (including phenoxy) is 5. The first-order valence-electron chi connectivity index (χ1n) is 15.1. The summed E-state index contributed by atoms with van der Waals surface area (Å²) in [5.74, 6) is -0.413. The minimum atomic E-state index is -1.63. The summed E-state index contributed by atoms with van der Waals surface area (Å²) in [6.07, 6.45) is -11.2. The van der Waals surface area contributed by atoms with E-state index in [9.17, 15) is 35.4 Å². The Morgan fingerprint density at radius 1 is 0.864 bits per heavy atom. The Kier molecular flexibility index (Phi) is 13.0. The molecule has 0 saturated carbocycles. The first-order valence-corrected chi connectivity index (χ1v) is 15.1. The fourth-order valence-electron chi connectivity index (χ4n) is 5.90. The van der Waals surface area contributed by atoms with E-state index in [1.807, 2.05) is 24.3 Å². The maximum absolute atomic E-state index is 12.3. The molecule has 252 valence electrons. The molecule has 2 fully saturated rings. The van der Waals surface area contributed by atoms with Gasteiger partial charge in [-0.2, -0.15) is 0 Å². The second-order valence-electron chi connectivity index (χ2n) is 13.5. The summed E-state index contributed by atoms with van der Waals surface area (Å²) in [7, 11) is 0. The van der Waals surface area contributed by atoms with E-state index >= 15 is 0 Å². The number of carbonyl (C=O) groups is 1. The molecule has 13 nitrogen and oxygen atoms in total. The molecule has 7 N–H and O–H groups in total. The lowest BCUT2D eigenvalue weighted by atomic mass is 9.72. The van der Waals surface area contributed by atoms with E-state index in [1.54, 1.807) is 6.92 Å². The molecule has 13 heteroatoms. The van der Waals surface area contributed by atoms with Gasteiger partial charge in [-0.05, 0) is 34.9 Å². The molecule has 2 aliphatic rings. The van der Waals surface area contributed by atoms with E-state index in [2.05, 4.69) is 39.9 Å². The van der Waals surface area contributed by atoms with Gasteiger partial charge in [-0.1, -0.05) is 53.7 Å². The fraction of sp³-hybridized carbons (Fsp3) is 0.774. The molecule has 0 aliphatic carbocycles. The predicted octanol–water partition coefficient (Wildman–Crippen LogP) is -0.189. The molecule has 1 aromatic carbocycles. The number of rotatable bonds is 13. The van der Waals surface area contributed by atoms with Crippen molar-refractivity contribution in [3.63, 3.8) is 0 Å². The fourth-order valence-corrected chi connectivity index (χ4v) is 5.90. The minimum absolute atomic E-state index is 0.0103. The Morgan fingerprint density at radius 2 is 1.45 bits per heavy atom. The molecule has 0 radical (unpaired) electrons. The van der Waals surface area contributed by atoms with Crippen LogP contribution in [0.3, 0.4) is 0 Å². The Morgan fingerprint density at radius 3 is 2.05 bits per heavy atom. The van der Waals surface area contributed by atoms with Gasteiger partial charge in [0, 0.05) is 12.5 Å². The summed E-state index contributed by atoms with van der Waals surface area (Å²) < 4.78 is 27.9. The van der Waals surface area contributed by atoms with Crippen molar-refractivity contribution in [2.75, 3.05) is 33.0 Å². The van der Waals surface area contributed by atoms with Crippen LogP contribution in [0.4, 0.5) is 0 Å². The third-order valence-electron chi connectivity index (χ3n) is 8.04. The van der Waals surface area contributed by atoms with Gasteiger partial charge in [-0.3, -0.25) is 4.79 Å².